The zero-order chi connectivity index (χ0) is 24.0. The lowest BCUT2D eigenvalue weighted by molar-refractivity contribution is 0.0525. The molecule has 0 bridgehead atoms. The summed E-state index contributed by atoms with van der Waals surface area (Å²) in [6.07, 6.45) is 5.68. The Morgan fingerprint density at radius 1 is 1.32 bits per heavy atom. The van der Waals surface area contributed by atoms with E-state index >= 15 is 4.39 Å². The van der Waals surface area contributed by atoms with Gasteiger partial charge in [-0.3, -0.25) is 14.0 Å². The fourth-order valence-corrected chi connectivity index (χ4v) is 4.34. The maximum Gasteiger partial charge on any atom is 0.341 e. The van der Waals surface area contributed by atoms with Crippen molar-refractivity contribution in [1.82, 2.24) is 24.3 Å². The number of ether oxygens (including phenoxy) is 1. The topological polar surface area (TPSA) is 132 Å². The highest BCUT2D eigenvalue weighted by atomic mass is 32.1. The molecule has 0 aliphatic carbocycles. The normalized spacial score (nSPS) is 13.8. The van der Waals surface area contributed by atoms with Crippen LogP contribution in [-0.2, 0) is 4.74 Å². The molecule has 34 heavy (non-hydrogen) atoms. The van der Waals surface area contributed by atoms with E-state index in [0.717, 1.165) is 12.3 Å². The van der Waals surface area contributed by atoms with Crippen LogP contribution in [0.3, 0.4) is 0 Å². The van der Waals surface area contributed by atoms with Crippen LogP contribution in [0.5, 0.6) is 0 Å². The highest BCUT2D eigenvalue weighted by molar-refractivity contribution is 7.12. The van der Waals surface area contributed by atoms with Gasteiger partial charge in [0.25, 0.3) is 0 Å². The van der Waals surface area contributed by atoms with Crippen LogP contribution >= 0.6 is 11.3 Å². The number of anilines is 1. The molecule has 4 aromatic rings. The fourth-order valence-electron chi connectivity index (χ4n) is 3.72. The minimum Gasteiger partial charge on any atom is -0.477 e. The number of hydrogen-bond donors (Lipinski definition) is 1. The van der Waals surface area contributed by atoms with Gasteiger partial charge in [0.15, 0.2) is 22.4 Å². The largest absolute Gasteiger partial charge is 0.477 e. The number of carboxylic acid groups (broad SMARTS) is 1. The molecule has 0 aromatic carbocycles. The number of esters is 1. The van der Waals surface area contributed by atoms with Crippen LogP contribution in [0.15, 0.2) is 41.0 Å². The molecule has 0 amide bonds. The number of hydrogen-bond acceptors (Lipinski definition) is 9. The van der Waals surface area contributed by atoms with Crippen LogP contribution in [0.25, 0.3) is 16.2 Å². The third kappa shape index (κ3) is 3.59. The Hall–Kier alpha value is -4.13. The average molecular weight is 484 g/mol. The van der Waals surface area contributed by atoms with Crippen LogP contribution in [0.1, 0.15) is 33.7 Å². The first-order valence-corrected chi connectivity index (χ1v) is 11.1. The summed E-state index contributed by atoms with van der Waals surface area (Å²) in [5.41, 5.74) is -0.889. The van der Waals surface area contributed by atoms with E-state index in [4.69, 9.17) is 4.74 Å². The van der Waals surface area contributed by atoms with E-state index in [0.29, 0.717) is 23.8 Å². The van der Waals surface area contributed by atoms with E-state index in [9.17, 15) is 19.5 Å². The van der Waals surface area contributed by atoms with Crippen LogP contribution in [0.4, 0.5) is 10.2 Å². The molecule has 1 saturated heterocycles. The number of carboxylic acids is 1. The predicted octanol–water partition coefficient (Wildman–Crippen LogP) is 2.11. The van der Waals surface area contributed by atoms with Gasteiger partial charge >= 0.3 is 11.9 Å². The first-order valence-electron chi connectivity index (χ1n) is 10.2. The number of halogens is 1. The number of fused-ring (bicyclic) bond motifs is 1. The summed E-state index contributed by atoms with van der Waals surface area (Å²) >= 11 is 1.22. The Balaban J connectivity index is 1.49. The summed E-state index contributed by atoms with van der Waals surface area (Å²) in [5.74, 6) is -2.61. The monoisotopic (exact) mass is 484 g/mol. The minimum atomic E-state index is -1.42. The van der Waals surface area contributed by atoms with Crippen molar-refractivity contribution in [3.8, 4) is 5.13 Å². The van der Waals surface area contributed by atoms with E-state index in [1.807, 2.05) is 0 Å². The molecule has 13 heteroatoms. The second-order valence-corrected chi connectivity index (χ2v) is 8.39. The van der Waals surface area contributed by atoms with Crippen molar-refractivity contribution in [2.75, 3.05) is 24.6 Å². The van der Waals surface area contributed by atoms with Gasteiger partial charge < -0.3 is 14.7 Å². The molecular weight excluding hydrogens is 467 g/mol. The van der Waals surface area contributed by atoms with E-state index in [1.54, 1.807) is 28.1 Å². The average Bonchev–Trinajstić information content (AvgIpc) is 3.46. The molecule has 5 heterocycles. The van der Waals surface area contributed by atoms with E-state index in [2.05, 4.69) is 15.1 Å². The van der Waals surface area contributed by atoms with Crippen LogP contribution in [0.2, 0.25) is 0 Å². The van der Waals surface area contributed by atoms with E-state index in [1.165, 1.54) is 28.3 Å². The van der Waals surface area contributed by atoms with E-state index < -0.39 is 28.7 Å². The Morgan fingerprint density at radius 3 is 2.79 bits per heavy atom. The second-order valence-electron chi connectivity index (χ2n) is 7.51. The molecule has 0 spiro atoms. The van der Waals surface area contributed by atoms with Crippen molar-refractivity contribution in [3.05, 3.63) is 63.4 Å². The van der Waals surface area contributed by atoms with Gasteiger partial charge in [0.05, 0.1) is 29.8 Å². The van der Waals surface area contributed by atoms with Crippen molar-refractivity contribution >= 4 is 40.1 Å². The zero-order valence-electron chi connectivity index (χ0n) is 17.7. The minimum absolute atomic E-state index is 0.0225. The van der Waals surface area contributed by atoms with Crippen molar-refractivity contribution < 1.29 is 23.8 Å². The van der Waals surface area contributed by atoms with Gasteiger partial charge in [-0.05, 0) is 13.0 Å². The van der Waals surface area contributed by atoms with Crippen LogP contribution in [0, 0.1) is 5.82 Å². The Bertz CT molecular complexity index is 1480. The molecule has 4 aromatic heterocycles. The summed E-state index contributed by atoms with van der Waals surface area (Å²) in [6.45, 7) is 2.71. The number of nitrogens with zero attached hydrogens (tertiary/aromatic N) is 6. The molecule has 1 fully saturated rings. The van der Waals surface area contributed by atoms with Gasteiger partial charge in [0.1, 0.15) is 5.56 Å². The molecular formula is C21H17FN6O5S. The van der Waals surface area contributed by atoms with Gasteiger partial charge in [0.2, 0.25) is 5.43 Å². The molecule has 0 atom stereocenters. The smallest absolute Gasteiger partial charge is 0.341 e. The van der Waals surface area contributed by atoms with Gasteiger partial charge in [-0.25, -0.2) is 23.9 Å². The lowest BCUT2D eigenvalue weighted by atomic mass is 10.1. The first kappa shape index (κ1) is 21.7. The van der Waals surface area contributed by atoms with Crippen molar-refractivity contribution in [2.45, 2.75) is 13.0 Å². The van der Waals surface area contributed by atoms with Gasteiger partial charge in [-0.1, -0.05) is 0 Å². The molecule has 0 unspecified atom stereocenters. The summed E-state index contributed by atoms with van der Waals surface area (Å²) in [6, 6.07) is 0.895. The zero-order valence-corrected chi connectivity index (χ0v) is 18.5. The van der Waals surface area contributed by atoms with Gasteiger partial charge in [-0.2, -0.15) is 5.10 Å². The second kappa shape index (κ2) is 8.33. The molecule has 174 valence electrons. The predicted molar refractivity (Wildman–Crippen MR) is 119 cm³/mol. The van der Waals surface area contributed by atoms with Crippen molar-refractivity contribution in [2.24, 2.45) is 0 Å². The number of aromatic nitrogens is 5. The van der Waals surface area contributed by atoms with Gasteiger partial charge in [-0.15, -0.1) is 11.3 Å². The Labute approximate surface area is 194 Å². The summed E-state index contributed by atoms with van der Waals surface area (Å²) < 4.78 is 23.0. The third-order valence-corrected chi connectivity index (χ3v) is 6.19. The van der Waals surface area contributed by atoms with Crippen LogP contribution < -0.4 is 10.3 Å². The molecule has 1 N–H and O–H groups in total. The highest BCUT2D eigenvalue weighted by Crippen LogP contribution is 2.30. The molecule has 11 nitrogen and oxygen atoms in total. The third-order valence-electron chi connectivity index (χ3n) is 5.42. The maximum absolute atomic E-state index is 15.0. The Morgan fingerprint density at radius 2 is 2.12 bits per heavy atom. The fraction of sp³-hybridized carbons (Fsp3) is 0.238. The van der Waals surface area contributed by atoms with Crippen LogP contribution in [-0.4, -0.2) is 61.1 Å². The number of pyridine rings is 2. The quantitative estimate of drug-likeness (QED) is 0.409. The van der Waals surface area contributed by atoms with Crippen molar-refractivity contribution in [3.63, 3.8) is 0 Å². The number of carbonyl (C=O) groups excluding carboxylic acids is 1. The summed E-state index contributed by atoms with van der Waals surface area (Å²) in [7, 11) is 0. The first-order chi connectivity index (χ1) is 16.4. The summed E-state index contributed by atoms with van der Waals surface area (Å²) in [5, 5.41) is 15.5. The molecule has 0 radical (unpaired) electrons. The highest BCUT2D eigenvalue weighted by Gasteiger charge is 2.33. The number of aromatic carboxylic acids is 1. The molecule has 0 saturated carbocycles. The number of carbonyl (C=O) groups is 2. The molecule has 5 rings (SSSR count). The summed E-state index contributed by atoms with van der Waals surface area (Å²) in [4.78, 5) is 46.3. The standard InChI is InChI=1S/C21H17FN6O5S/c1-2-33-20(32)11-6-24-28(7-11)12-8-26(9-12)18-15(22)5-13-16(29)14(19(30)31)10-27(17(13)25-18)21-23-3-4-34-21/h3-7,10,12H,2,8-9H2,1H3,(H,30,31). The number of rotatable bonds is 6. The molecule has 1 aliphatic rings. The van der Waals surface area contributed by atoms with Crippen molar-refractivity contribution in [1.29, 1.82) is 0 Å². The van der Waals surface area contributed by atoms with E-state index in [-0.39, 0.29) is 29.5 Å². The van der Waals surface area contributed by atoms with Gasteiger partial charge in [0, 0.05) is 37.1 Å². The Kier molecular flexibility index (Phi) is 5.32. The SMILES string of the molecule is CCOC(=O)c1cnn(C2CN(c3nc4c(cc3F)c(=O)c(C(=O)O)cn4-c3nccs3)C2)c1. The number of thiazole rings is 1. The lowest BCUT2D eigenvalue weighted by Gasteiger charge is -2.40. The molecule has 1 aliphatic heterocycles. The maximum atomic E-state index is 15.0. The lowest BCUT2D eigenvalue weighted by Crippen LogP contribution is -2.48.